The van der Waals surface area contributed by atoms with Crippen molar-refractivity contribution in [3.8, 4) is 0 Å². The minimum Gasteiger partial charge on any atom is -0.462 e. The van der Waals surface area contributed by atoms with Gasteiger partial charge in [0.2, 0.25) is 0 Å². The summed E-state index contributed by atoms with van der Waals surface area (Å²) in [7, 11) is -3.19. The lowest BCUT2D eigenvalue weighted by atomic mass is 10.1. The fourth-order valence-corrected chi connectivity index (χ4v) is 6.38. The van der Waals surface area contributed by atoms with Crippen molar-refractivity contribution in [1.29, 1.82) is 0 Å². The van der Waals surface area contributed by atoms with Crippen LogP contribution in [0.15, 0.2) is 24.3 Å². The Morgan fingerprint density at radius 1 is 0.549 bits per heavy atom. The van der Waals surface area contributed by atoms with Gasteiger partial charge in [0.05, 0.1) is 6.61 Å². The first kappa shape index (κ1) is 49.5. The van der Waals surface area contributed by atoms with Gasteiger partial charge < -0.3 is 14.4 Å². The molecule has 0 fully saturated rings. The largest absolute Gasteiger partial charge is 0.472 e. The lowest BCUT2D eigenvalue weighted by Crippen LogP contribution is -2.29. The molecule has 0 aliphatic rings. The summed E-state index contributed by atoms with van der Waals surface area (Å²) in [6.07, 6.45) is 42.3. The van der Waals surface area contributed by atoms with E-state index in [0.29, 0.717) is 12.8 Å². The Morgan fingerprint density at radius 2 is 0.941 bits per heavy atom. The predicted molar refractivity (Wildman–Crippen MR) is 212 cm³/mol. The zero-order valence-corrected chi connectivity index (χ0v) is 34.2. The Labute approximate surface area is 313 Å². The molecule has 0 aliphatic heterocycles. The second-order valence-corrected chi connectivity index (χ2v) is 15.7. The smallest absolute Gasteiger partial charge is 0.462 e. The quantitative estimate of drug-likeness (QED) is 0.0287. The number of unbranched alkanes of at least 4 members (excludes halogenated alkanes) is 24. The molecule has 0 aromatic heterocycles. The van der Waals surface area contributed by atoms with Gasteiger partial charge in [-0.05, 0) is 44.9 Å². The molecule has 2 atom stereocenters. The molecule has 0 radical (unpaired) electrons. The van der Waals surface area contributed by atoms with E-state index in [1.54, 1.807) is 0 Å². The van der Waals surface area contributed by atoms with E-state index < -0.39 is 26.5 Å². The van der Waals surface area contributed by atoms with Crippen LogP contribution in [-0.4, -0.2) is 43.3 Å². The summed E-state index contributed by atoms with van der Waals surface area (Å²) in [5.74, 6) is -0.803. The Kier molecular flexibility index (Phi) is 37.2. The second-order valence-electron chi connectivity index (χ2n) is 14.1. The molecule has 0 aromatic rings. The van der Waals surface area contributed by atoms with Crippen molar-refractivity contribution in [3.63, 3.8) is 0 Å². The fourth-order valence-electron chi connectivity index (χ4n) is 5.92. The molecule has 0 spiro atoms. The van der Waals surface area contributed by atoms with Crippen LogP contribution in [0.5, 0.6) is 0 Å². The van der Waals surface area contributed by atoms with Crippen molar-refractivity contribution < 1.29 is 37.6 Å². The third kappa shape index (κ3) is 38.1. The first-order chi connectivity index (χ1) is 24.8. The highest BCUT2D eigenvalue weighted by Gasteiger charge is 2.24. The summed E-state index contributed by atoms with van der Waals surface area (Å²) in [5.41, 5.74) is 0. The molecule has 0 heterocycles. The van der Waals surface area contributed by atoms with E-state index >= 15 is 0 Å². The van der Waals surface area contributed by atoms with Gasteiger partial charge in [0, 0.05) is 20.0 Å². The van der Waals surface area contributed by atoms with Crippen molar-refractivity contribution >= 4 is 19.8 Å². The molecule has 1 N–H and O–H groups in total. The van der Waals surface area contributed by atoms with E-state index in [0.717, 1.165) is 52.1 Å². The SMILES string of the molecule is CCCCCCC/C=C\C/C=C\CCCCCCCCCCCC(=O)OC(COC(=O)CCCCCCCCCCCCC)COP(=O)(O)OC. The fraction of sp³-hybridized carbons (Fsp3) is 0.857. The predicted octanol–water partition coefficient (Wildman–Crippen LogP) is 13.1. The zero-order valence-electron chi connectivity index (χ0n) is 33.3. The summed E-state index contributed by atoms with van der Waals surface area (Å²) in [5, 5.41) is 0. The maximum Gasteiger partial charge on any atom is 0.472 e. The summed E-state index contributed by atoms with van der Waals surface area (Å²) >= 11 is 0. The molecule has 0 saturated heterocycles. The van der Waals surface area contributed by atoms with E-state index in [-0.39, 0.29) is 19.0 Å². The van der Waals surface area contributed by atoms with Crippen LogP contribution in [0, 0.1) is 0 Å². The summed E-state index contributed by atoms with van der Waals surface area (Å²) in [6.45, 7) is 3.87. The molecule has 8 nitrogen and oxygen atoms in total. The first-order valence-corrected chi connectivity index (χ1v) is 22.5. The summed E-state index contributed by atoms with van der Waals surface area (Å²) < 4.78 is 31.9. The number of esters is 2. The van der Waals surface area contributed by atoms with Crippen molar-refractivity contribution in [2.24, 2.45) is 0 Å². The number of ether oxygens (including phenoxy) is 2. The molecule has 2 unspecified atom stereocenters. The molecule has 51 heavy (non-hydrogen) atoms. The maximum atomic E-state index is 12.5. The van der Waals surface area contributed by atoms with Gasteiger partial charge in [-0.15, -0.1) is 0 Å². The van der Waals surface area contributed by atoms with Gasteiger partial charge >= 0.3 is 19.8 Å². The Bertz CT molecular complexity index is 890. The number of rotatable bonds is 39. The van der Waals surface area contributed by atoms with Gasteiger partial charge in [0.15, 0.2) is 6.10 Å². The Balaban J connectivity index is 3.96. The lowest BCUT2D eigenvalue weighted by molar-refractivity contribution is -0.161. The molecule has 0 aliphatic carbocycles. The van der Waals surface area contributed by atoms with E-state index in [1.807, 2.05) is 0 Å². The Hall–Kier alpha value is -1.47. The highest BCUT2D eigenvalue weighted by Crippen LogP contribution is 2.42. The monoisotopic (exact) mass is 743 g/mol. The minimum atomic E-state index is -4.26. The van der Waals surface area contributed by atoms with Crippen molar-refractivity contribution in [2.45, 2.75) is 213 Å². The molecule has 0 bridgehead atoms. The molecule has 0 rings (SSSR count). The molecular formula is C42H79O8P. The van der Waals surface area contributed by atoms with E-state index in [9.17, 15) is 19.0 Å². The third-order valence-electron chi connectivity index (χ3n) is 9.20. The van der Waals surface area contributed by atoms with Crippen LogP contribution in [0.1, 0.15) is 206 Å². The number of carbonyl (C=O) groups excluding carboxylic acids is 2. The minimum absolute atomic E-state index is 0.223. The van der Waals surface area contributed by atoms with Crippen LogP contribution in [0.3, 0.4) is 0 Å². The van der Waals surface area contributed by atoms with Crippen LogP contribution in [-0.2, 0) is 32.7 Å². The van der Waals surface area contributed by atoms with Crippen LogP contribution in [0.4, 0.5) is 0 Å². The van der Waals surface area contributed by atoms with Crippen LogP contribution >= 0.6 is 7.82 Å². The average Bonchev–Trinajstić information content (AvgIpc) is 3.12. The van der Waals surface area contributed by atoms with Gasteiger partial charge in [-0.2, -0.15) is 0 Å². The van der Waals surface area contributed by atoms with Crippen LogP contribution in [0.2, 0.25) is 0 Å². The van der Waals surface area contributed by atoms with Gasteiger partial charge in [-0.25, -0.2) is 4.57 Å². The van der Waals surface area contributed by atoms with Gasteiger partial charge in [0.25, 0.3) is 0 Å². The third-order valence-corrected chi connectivity index (χ3v) is 10.1. The van der Waals surface area contributed by atoms with E-state index in [4.69, 9.17) is 14.0 Å². The molecule has 9 heteroatoms. The van der Waals surface area contributed by atoms with Gasteiger partial charge in [-0.1, -0.05) is 173 Å². The Morgan fingerprint density at radius 3 is 1.37 bits per heavy atom. The first-order valence-electron chi connectivity index (χ1n) is 21.0. The van der Waals surface area contributed by atoms with Crippen molar-refractivity contribution in [3.05, 3.63) is 24.3 Å². The highest BCUT2D eigenvalue weighted by molar-refractivity contribution is 7.47. The van der Waals surface area contributed by atoms with Crippen molar-refractivity contribution in [2.75, 3.05) is 20.3 Å². The molecule has 0 saturated carbocycles. The number of carbonyl (C=O) groups is 2. The molecule has 0 amide bonds. The topological polar surface area (TPSA) is 108 Å². The number of phosphoric acid groups is 1. The maximum absolute atomic E-state index is 12.5. The lowest BCUT2D eigenvalue weighted by Gasteiger charge is -2.19. The normalized spacial score (nSPS) is 13.6. The zero-order chi connectivity index (χ0) is 37.5. The average molecular weight is 743 g/mol. The van der Waals surface area contributed by atoms with Gasteiger partial charge in [0.1, 0.15) is 6.61 Å². The number of allylic oxidation sites excluding steroid dienone is 4. The van der Waals surface area contributed by atoms with Gasteiger partial charge in [-0.3, -0.25) is 18.6 Å². The second kappa shape index (κ2) is 38.3. The highest BCUT2D eigenvalue weighted by atomic mass is 31.2. The number of hydrogen-bond acceptors (Lipinski definition) is 7. The molecule has 0 aromatic carbocycles. The molecule has 300 valence electrons. The molecular weight excluding hydrogens is 663 g/mol. The van der Waals surface area contributed by atoms with Crippen molar-refractivity contribution in [1.82, 2.24) is 0 Å². The number of hydrogen-bond donors (Lipinski definition) is 1. The summed E-state index contributed by atoms with van der Waals surface area (Å²) in [6, 6.07) is 0. The summed E-state index contributed by atoms with van der Waals surface area (Å²) in [4.78, 5) is 34.4. The van der Waals surface area contributed by atoms with E-state index in [1.165, 1.54) is 128 Å². The standard InChI is InChI=1S/C42H79O8P/c1-4-6-8-10-12-14-16-17-18-19-20-21-22-23-24-25-27-29-31-33-35-37-42(44)50-40(39-49-51(45,46)47-3)38-48-41(43)36-34-32-30-28-26-15-13-11-9-7-5-2/h16-17,19-20,40H,4-15,18,21-39H2,1-3H3,(H,45,46)/b17-16-,20-19-. The van der Waals surface area contributed by atoms with E-state index in [2.05, 4.69) is 42.7 Å². The van der Waals surface area contributed by atoms with Crippen LogP contribution < -0.4 is 0 Å². The van der Waals surface area contributed by atoms with Crippen LogP contribution in [0.25, 0.3) is 0 Å². The number of phosphoric ester groups is 1.